The second-order valence-electron chi connectivity index (χ2n) is 8.30. The van der Waals surface area contributed by atoms with Crippen LogP contribution in [0.5, 0.6) is 11.5 Å². The number of amides is 2. The van der Waals surface area contributed by atoms with Crippen LogP contribution in [0.2, 0.25) is 0 Å². The molecule has 1 aliphatic heterocycles. The molecular weight excluding hydrogens is 394 g/mol. The highest BCUT2D eigenvalue weighted by molar-refractivity contribution is 5.75. The maximum Gasteiger partial charge on any atom is 0.317 e. The normalized spacial score (nSPS) is 15.7. The Labute approximate surface area is 184 Å². The Morgan fingerprint density at radius 3 is 2.42 bits per heavy atom. The van der Waals surface area contributed by atoms with Gasteiger partial charge in [0.25, 0.3) is 0 Å². The number of carbonyl (C=O) groups is 1. The molecule has 0 aliphatic carbocycles. The van der Waals surface area contributed by atoms with E-state index in [9.17, 15) is 4.79 Å². The summed E-state index contributed by atoms with van der Waals surface area (Å²) < 4.78 is 13.4. The number of aromatic nitrogens is 3. The van der Waals surface area contributed by atoms with Crippen molar-refractivity contribution in [1.29, 1.82) is 0 Å². The zero-order valence-electron chi connectivity index (χ0n) is 19.3. The van der Waals surface area contributed by atoms with E-state index in [0.717, 1.165) is 30.0 Å². The van der Waals surface area contributed by atoms with E-state index in [1.54, 1.807) is 6.33 Å². The SMILES string of the molecule is CCOc1ccc(C(NC(=O)N2CCC(c3nncn3C)CC2)C(C)C)cc1OCC. The predicted octanol–water partition coefficient (Wildman–Crippen LogP) is 3.90. The molecule has 0 radical (unpaired) electrons. The van der Waals surface area contributed by atoms with Gasteiger partial charge >= 0.3 is 6.03 Å². The molecule has 1 aromatic heterocycles. The van der Waals surface area contributed by atoms with Gasteiger partial charge in [-0.15, -0.1) is 10.2 Å². The fourth-order valence-corrected chi connectivity index (χ4v) is 4.12. The number of hydrogen-bond acceptors (Lipinski definition) is 5. The first-order chi connectivity index (χ1) is 14.9. The molecule has 8 nitrogen and oxygen atoms in total. The molecule has 31 heavy (non-hydrogen) atoms. The lowest BCUT2D eigenvalue weighted by Gasteiger charge is -2.33. The molecule has 0 spiro atoms. The third-order valence-electron chi connectivity index (χ3n) is 5.77. The average Bonchev–Trinajstić information content (AvgIpc) is 3.19. The van der Waals surface area contributed by atoms with Crippen molar-refractivity contribution in [3.8, 4) is 11.5 Å². The monoisotopic (exact) mass is 429 g/mol. The average molecular weight is 430 g/mol. The maximum atomic E-state index is 13.1. The smallest absolute Gasteiger partial charge is 0.317 e. The molecule has 8 heteroatoms. The van der Waals surface area contributed by atoms with E-state index in [1.807, 2.05) is 48.6 Å². The molecule has 170 valence electrons. The molecule has 3 rings (SSSR count). The number of nitrogens with zero attached hydrogens (tertiary/aromatic N) is 4. The van der Waals surface area contributed by atoms with Crippen LogP contribution >= 0.6 is 0 Å². The Morgan fingerprint density at radius 2 is 1.84 bits per heavy atom. The molecule has 1 N–H and O–H groups in total. The van der Waals surface area contributed by atoms with Crippen molar-refractivity contribution in [2.24, 2.45) is 13.0 Å². The highest BCUT2D eigenvalue weighted by Crippen LogP contribution is 2.33. The van der Waals surface area contributed by atoms with Gasteiger partial charge in [0, 0.05) is 26.1 Å². The maximum absolute atomic E-state index is 13.1. The largest absolute Gasteiger partial charge is 0.490 e. The number of rotatable bonds is 8. The summed E-state index contributed by atoms with van der Waals surface area (Å²) in [5.41, 5.74) is 1.02. The lowest BCUT2D eigenvalue weighted by Crippen LogP contribution is -2.46. The van der Waals surface area contributed by atoms with Crippen LogP contribution in [0.4, 0.5) is 4.79 Å². The third-order valence-corrected chi connectivity index (χ3v) is 5.77. The first kappa shape index (κ1) is 22.9. The molecule has 2 amide bonds. The van der Waals surface area contributed by atoms with Gasteiger partial charge in [0.05, 0.1) is 19.3 Å². The topological polar surface area (TPSA) is 81.5 Å². The standard InChI is InChI=1S/C23H35N5O3/c1-6-30-19-9-8-18(14-20(19)31-7-2)21(16(3)4)25-23(29)28-12-10-17(11-13-28)22-26-24-15-27(22)5/h8-9,14-17,21H,6-7,10-13H2,1-5H3,(H,25,29). The zero-order chi connectivity index (χ0) is 22.4. The van der Waals surface area contributed by atoms with Crippen molar-refractivity contribution >= 4 is 6.03 Å². The summed E-state index contributed by atoms with van der Waals surface area (Å²) in [6, 6.07) is 5.79. The number of carbonyl (C=O) groups excluding carboxylic acids is 1. The van der Waals surface area contributed by atoms with Gasteiger partial charge in [-0.05, 0) is 50.3 Å². The van der Waals surface area contributed by atoms with Crippen molar-refractivity contribution in [2.45, 2.75) is 52.5 Å². The van der Waals surface area contributed by atoms with E-state index < -0.39 is 0 Å². The van der Waals surface area contributed by atoms with Crippen LogP contribution in [0.3, 0.4) is 0 Å². The highest BCUT2D eigenvalue weighted by Gasteiger charge is 2.28. The summed E-state index contributed by atoms with van der Waals surface area (Å²) >= 11 is 0. The minimum atomic E-state index is -0.112. The van der Waals surface area contributed by atoms with Crippen molar-refractivity contribution in [3.63, 3.8) is 0 Å². The fraction of sp³-hybridized carbons (Fsp3) is 0.609. The van der Waals surface area contributed by atoms with Gasteiger partial charge in [0.1, 0.15) is 12.2 Å². The number of nitrogens with one attached hydrogen (secondary N) is 1. The Kier molecular flexibility index (Phi) is 7.76. The van der Waals surface area contributed by atoms with Gasteiger partial charge in [-0.2, -0.15) is 0 Å². The molecule has 2 heterocycles. The van der Waals surface area contributed by atoms with Gasteiger partial charge in [-0.3, -0.25) is 0 Å². The summed E-state index contributed by atoms with van der Waals surface area (Å²) in [4.78, 5) is 15.0. The highest BCUT2D eigenvalue weighted by atomic mass is 16.5. The first-order valence-corrected chi connectivity index (χ1v) is 11.2. The van der Waals surface area contributed by atoms with Crippen LogP contribution in [0.1, 0.15) is 63.9 Å². The summed E-state index contributed by atoms with van der Waals surface area (Å²) in [5, 5.41) is 11.5. The molecule has 1 atom stereocenters. The lowest BCUT2D eigenvalue weighted by molar-refractivity contribution is 0.173. The Balaban J connectivity index is 1.67. The molecule has 1 saturated heterocycles. The minimum Gasteiger partial charge on any atom is -0.490 e. The summed E-state index contributed by atoms with van der Waals surface area (Å²) in [5.74, 6) is 3.02. The lowest BCUT2D eigenvalue weighted by atomic mass is 9.95. The second kappa shape index (κ2) is 10.5. The number of ether oxygens (including phenoxy) is 2. The summed E-state index contributed by atoms with van der Waals surface area (Å²) in [6.07, 6.45) is 3.52. The molecule has 1 fully saturated rings. The molecule has 1 unspecified atom stereocenters. The summed E-state index contributed by atoms with van der Waals surface area (Å²) in [7, 11) is 1.97. The van der Waals surface area contributed by atoms with E-state index in [-0.39, 0.29) is 18.0 Å². The minimum absolute atomic E-state index is 0.0260. The number of piperidine rings is 1. The van der Waals surface area contributed by atoms with Gasteiger partial charge in [0.15, 0.2) is 11.5 Å². The van der Waals surface area contributed by atoms with Crippen molar-refractivity contribution < 1.29 is 14.3 Å². The van der Waals surface area contributed by atoms with Gasteiger partial charge in [-0.1, -0.05) is 19.9 Å². The van der Waals surface area contributed by atoms with Crippen LogP contribution in [0.15, 0.2) is 24.5 Å². The van der Waals surface area contributed by atoms with Crippen molar-refractivity contribution in [3.05, 3.63) is 35.9 Å². The number of urea groups is 1. The summed E-state index contributed by atoms with van der Waals surface area (Å²) in [6.45, 7) is 10.7. The van der Waals surface area contributed by atoms with Crippen LogP contribution in [-0.2, 0) is 7.05 Å². The Bertz CT molecular complexity index is 859. The first-order valence-electron chi connectivity index (χ1n) is 11.2. The van der Waals surface area contributed by atoms with Crippen LogP contribution in [-0.4, -0.2) is 52.0 Å². The molecule has 0 saturated carbocycles. The van der Waals surface area contributed by atoms with Gasteiger partial charge in [0.2, 0.25) is 0 Å². The fourth-order valence-electron chi connectivity index (χ4n) is 4.12. The molecule has 1 aliphatic rings. The van der Waals surface area contributed by atoms with Crippen LogP contribution < -0.4 is 14.8 Å². The number of benzene rings is 1. The third kappa shape index (κ3) is 5.48. The van der Waals surface area contributed by atoms with Crippen molar-refractivity contribution in [2.75, 3.05) is 26.3 Å². The second-order valence-corrected chi connectivity index (χ2v) is 8.30. The van der Waals surface area contributed by atoms with E-state index in [0.29, 0.717) is 38.0 Å². The van der Waals surface area contributed by atoms with E-state index in [4.69, 9.17) is 9.47 Å². The van der Waals surface area contributed by atoms with Crippen LogP contribution in [0, 0.1) is 5.92 Å². The van der Waals surface area contributed by atoms with E-state index in [2.05, 4.69) is 29.4 Å². The predicted molar refractivity (Wildman–Crippen MR) is 119 cm³/mol. The van der Waals surface area contributed by atoms with Crippen molar-refractivity contribution in [1.82, 2.24) is 25.0 Å². The van der Waals surface area contributed by atoms with E-state index >= 15 is 0 Å². The molecular formula is C23H35N5O3. The van der Waals surface area contributed by atoms with Crippen LogP contribution in [0.25, 0.3) is 0 Å². The van der Waals surface area contributed by atoms with E-state index in [1.165, 1.54) is 0 Å². The number of likely N-dealkylation sites (tertiary alicyclic amines) is 1. The Morgan fingerprint density at radius 1 is 1.16 bits per heavy atom. The van der Waals surface area contributed by atoms with Gasteiger partial charge in [-0.25, -0.2) is 4.79 Å². The zero-order valence-corrected chi connectivity index (χ0v) is 19.3. The Hall–Kier alpha value is -2.77. The van der Waals surface area contributed by atoms with Gasteiger partial charge < -0.3 is 24.3 Å². The molecule has 0 bridgehead atoms. The molecule has 1 aromatic carbocycles. The number of aryl methyl sites for hydroxylation is 1. The molecule has 2 aromatic rings. The quantitative estimate of drug-likeness (QED) is 0.688. The number of hydrogen-bond donors (Lipinski definition) is 1.